The van der Waals surface area contributed by atoms with Crippen LogP contribution in [0.4, 0.5) is 0 Å². The van der Waals surface area contributed by atoms with Crippen molar-refractivity contribution in [3.8, 4) is 0 Å². The highest BCUT2D eigenvalue weighted by Gasteiger charge is 2.70. The molecule has 4 saturated carbocycles. The van der Waals surface area contributed by atoms with Gasteiger partial charge in [0.15, 0.2) is 0 Å². The number of aliphatic carboxylic acids is 1. The number of carboxylic acids is 1. The van der Waals surface area contributed by atoms with Gasteiger partial charge in [-0.15, -0.1) is 0 Å². The summed E-state index contributed by atoms with van der Waals surface area (Å²) >= 11 is 0. The van der Waals surface area contributed by atoms with E-state index in [1.54, 1.807) is 0 Å². The largest absolute Gasteiger partial charge is 0.481 e. The topological polar surface area (TPSA) is 66.8 Å². The molecule has 192 valence electrons. The first kappa shape index (κ1) is 24.8. The second kappa shape index (κ2) is 7.57. The first-order chi connectivity index (χ1) is 15.8. The van der Waals surface area contributed by atoms with E-state index < -0.39 is 11.4 Å². The molecule has 0 aromatic rings. The fourth-order valence-corrected chi connectivity index (χ4v) is 10.7. The van der Waals surface area contributed by atoms with E-state index in [0.717, 1.165) is 57.8 Å². The lowest BCUT2D eigenvalue weighted by Gasteiger charge is -2.72. The van der Waals surface area contributed by atoms with Crippen LogP contribution in [0.2, 0.25) is 0 Å². The summed E-state index contributed by atoms with van der Waals surface area (Å²) in [5.74, 6) is 0.962. The summed E-state index contributed by atoms with van der Waals surface area (Å²) in [7, 11) is 1.86. The smallest absolute Gasteiger partial charge is 0.310 e. The fraction of sp³-hybridized carbons (Fsp3) is 0.900. The molecule has 10 atom stereocenters. The molecule has 0 unspecified atom stereocenters. The Labute approximate surface area is 206 Å². The predicted octanol–water partition coefficient (Wildman–Crippen LogP) is 6.47. The van der Waals surface area contributed by atoms with Gasteiger partial charge in [-0.05, 0) is 97.2 Å². The van der Waals surface area contributed by atoms with Crippen molar-refractivity contribution in [2.45, 2.75) is 112 Å². The minimum Gasteiger partial charge on any atom is -0.481 e. The molecule has 5 aliphatic carbocycles. The number of allylic oxidation sites excluding steroid dienone is 1. The van der Waals surface area contributed by atoms with Crippen molar-refractivity contribution in [3.63, 3.8) is 0 Å². The number of hydrogen-bond acceptors (Lipinski definition) is 3. The lowest BCUT2D eigenvalue weighted by atomic mass is 9.33. The third-order valence-corrected chi connectivity index (χ3v) is 13.0. The molecule has 0 spiro atoms. The van der Waals surface area contributed by atoms with Crippen LogP contribution in [0, 0.1) is 50.7 Å². The predicted molar refractivity (Wildman–Crippen MR) is 134 cm³/mol. The quantitative estimate of drug-likeness (QED) is 0.452. The third kappa shape index (κ3) is 2.88. The van der Waals surface area contributed by atoms with Gasteiger partial charge >= 0.3 is 5.97 Å². The van der Waals surface area contributed by atoms with E-state index in [2.05, 4.69) is 47.6 Å². The first-order valence-corrected chi connectivity index (χ1v) is 13.9. The van der Waals surface area contributed by atoms with Crippen molar-refractivity contribution in [2.24, 2.45) is 50.7 Å². The maximum absolute atomic E-state index is 12.8. The maximum Gasteiger partial charge on any atom is 0.310 e. The van der Waals surface area contributed by atoms with E-state index in [1.807, 2.05) is 7.11 Å². The monoisotopic (exact) mass is 472 g/mol. The van der Waals surface area contributed by atoms with Gasteiger partial charge in [0.2, 0.25) is 0 Å². The van der Waals surface area contributed by atoms with Gasteiger partial charge < -0.3 is 14.9 Å². The Morgan fingerprint density at radius 2 is 1.71 bits per heavy atom. The van der Waals surface area contributed by atoms with Crippen LogP contribution >= 0.6 is 0 Å². The molecule has 4 nitrogen and oxygen atoms in total. The highest BCUT2D eigenvalue weighted by molar-refractivity contribution is 5.76. The van der Waals surface area contributed by atoms with Crippen molar-refractivity contribution < 1.29 is 19.7 Å². The second-order valence-corrected chi connectivity index (χ2v) is 14.4. The minimum absolute atomic E-state index is 0.00155. The molecule has 0 aromatic heterocycles. The van der Waals surface area contributed by atoms with Crippen LogP contribution in [0.1, 0.15) is 99.3 Å². The zero-order valence-corrected chi connectivity index (χ0v) is 22.6. The molecule has 5 aliphatic rings. The van der Waals surface area contributed by atoms with Crippen LogP contribution in [0.5, 0.6) is 0 Å². The van der Waals surface area contributed by atoms with E-state index in [1.165, 1.54) is 5.57 Å². The van der Waals surface area contributed by atoms with E-state index in [-0.39, 0.29) is 39.8 Å². The summed E-state index contributed by atoms with van der Waals surface area (Å²) in [6, 6.07) is 0. The molecule has 4 heteroatoms. The SMILES string of the molecule is CO[C@H]1C=C2[C@@H]3C[C@H](C)CC[C@]3(C(=O)O)CC[C@@]2(C)[C@]2(C)CC[C@H]3C(C)(C)[C@@H](O)CC[C@]3(C)[C@@H]12. The number of ether oxygens (including phenoxy) is 1. The van der Waals surface area contributed by atoms with Gasteiger partial charge in [0.1, 0.15) is 0 Å². The zero-order valence-electron chi connectivity index (χ0n) is 22.6. The number of rotatable bonds is 2. The van der Waals surface area contributed by atoms with E-state index in [4.69, 9.17) is 4.74 Å². The number of methoxy groups -OCH3 is 1. The van der Waals surface area contributed by atoms with Crippen LogP contribution in [0.3, 0.4) is 0 Å². The second-order valence-electron chi connectivity index (χ2n) is 14.4. The number of aliphatic hydroxyl groups is 1. The van der Waals surface area contributed by atoms with Gasteiger partial charge in [-0.2, -0.15) is 0 Å². The molecule has 2 N–H and O–H groups in total. The van der Waals surface area contributed by atoms with E-state index in [9.17, 15) is 15.0 Å². The van der Waals surface area contributed by atoms with Crippen molar-refractivity contribution in [2.75, 3.05) is 7.11 Å². The maximum atomic E-state index is 12.8. The summed E-state index contributed by atoms with van der Waals surface area (Å²) in [4.78, 5) is 12.8. The third-order valence-electron chi connectivity index (χ3n) is 13.0. The van der Waals surface area contributed by atoms with E-state index in [0.29, 0.717) is 17.8 Å². The van der Waals surface area contributed by atoms with Gasteiger partial charge in [0, 0.05) is 13.0 Å². The number of hydrogen-bond donors (Lipinski definition) is 2. The summed E-state index contributed by atoms with van der Waals surface area (Å²) in [5, 5.41) is 21.4. The number of carbonyl (C=O) groups is 1. The zero-order chi connectivity index (χ0) is 24.9. The van der Waals surface area contributed by atoms with Crippen LogP contribution < -0.4 is 0 Å². The van der Waals surface area contributed by atoms with Crippen molar-refractivity contribution >= 4 is 5.97 Å². The molecule has 5 rings (SSSR count). The molecular formula is C30H48O4. The minimum atomic E-state index is -0.600. The molecule has 0 heterocycles. The summed E-state index contributed by atoms with van der Waals surface area (Å²) in [6.07, 6.45) is 11.0. The molecule has 0 radical (unpaired) electrons. The van der Waals surface area contributed by atoms with Gasteiger partial charge in [0.25, 0.3) is 0 Å². The summed E-state index contributed by atoms with van der Waals surface area (Å²) in [6.45, 7) is 14.4. The molecule has 34 heavy (non-hydrogen) atoms. The first-order valence-electron chi connectivity index (χ1n) is 13.9. The summed E-state index contributed by atoms with van der Waals surface area (Å²) in [5.41, 5.74) is 0.880. The van der Waals surface area contributed by atoms with Crippen molar-refractivity contribution in [1.82, 2.24) is 0 Å². The lowest BCUT2D eigenvalue weighted by Crippen LogP contribution is -2.67. The van der Waals surface area contributed by atoms with Gasteiger partial charge in [-0.25, -0.2) is 0 Å². The molecule has 0 amide bonds. The Morgan fingerprint density at radius 1 is 1.00 bits per heavy atom. The van der Waals surface area contributed by atoms with Gasteiger partial charge in [-0.3, -0.25) is 4.79 Å². The Balaban J connectivity index is 1.66. The highest BCUT2D eigenvalue weighted by Crippen LogP contribution is 2.75. The van der Waals surface area contributed by atoms with Crippen LogP contribution in [0.15, 0.2) is 11.6 Å². The molecule has 0 bridgehead atoms. The standard InChI is InChI=1S/C30H48O4/c1-18-8-13-30(25(32)33)15-14-28(5)19(20(30)16-18)17-21(34-7)24-27(4)11-10-23(31)26(2,3)22(27)9-12-29(24,28)6/h17-18,20-24,31H,8-16H2,1-7H3,(H,32,33)/t18-,20+,21+,22+,23+,24-,27+,28-,29-,30+/m1/s1. The Kier molecular flexibility index (Phi) is 5.52. The normalized spacial score (nSPS) is 54.1. The van der Waals surface area contributed by atoms with Crippen LogP contribution in [-0.4, -0.2) is 35.5 Å². The molecule has 0 saturated heterocycles. The number of aliphatic hydroxyl groups excluding tert-OH is 1. The van der Waals surface area contributed by atoms with Crippen molar-refractivity contribution in [1.29, 1.82) is 0 Å². The average Bonchev–Trinajstić information content (AvgIpc) is 2.76. The summed E-state index contributed by atoms with van der Waals surface area (Å²) < 4.78 is 6.34. The van der Waals surface area contributed by atoms with E-state index >= 15 is 0 Å². The number of carboxylic acid groups (broad SMARTS) is 1. The molecule has 0 aromatic carbocycles. The van der Waals surface area contributed by atoms with Crippen LogP contribution in [0.25, 0.3) is 0 Å². The van der Waals surface area contributed by atoms with Crippen molar-refractivity contribution in [3.05, 3.63) is 11.6 Å². The highest BCUT2D eigenvalue weighted by atomic mass is 16.5. The average molecular weight is 473 g/mol. The number of fused-ring (bicyclic) bond motifs is 7. The molecular weight excluding hydrogens is 424 g/mol. The molecule has 0 aliphatic heterocycles. The lowest BCUT2D eigenvalue weighted by molar-refractivity contribution is -0.228. The van der Waals surface area contributed by atoms with Gasteiger partial charge in [0.05, 0.1) is 17.6 Å². The Bertz CT molecular complexity index is 892. The Morgan fingerprint density at radius 3 is 2.35 bits per heavy atom. The molecule has 4 fully saturated rings. The fourth-order valence-electron chi connectivity index (χ4n) is 10.7. The Hall–Kier alpha value is -0.870. The van der Waals surface area contributed by atoms with Gasteiger partial charge in [-0.1, -0.05) is 53.2 Å². The van der Waals surface area contributed by atoms with Crippen LogP contribution in [-0.2, 0) is 9.53 Å².